The number of benzene rings is 1. The van der Waals surface area contributed by atoms with E-state index in [9.17, 15) is 19.5 Å². The van der Waals surface area contributed by atoms with Crippen molar-refractivity contribution >= 4 is 17.8 Å². The summed E-state index contributed by atoms with van der Waals surface area (Å²) < 4.78 is 0. The van der Waals surface area contributed by atoms with Gasteiger partial charge in [-0.1, -0.05) is 26.8 Å². The van der Waals surface area contributed by atoms with Crippen molar-refractivity contribution in [3.05, 3.63) is 35.4 Å². The summed E-state index contributed by atoms with van der Waals surface area (Å²) in [6, 6.07) is 5.30. The van der Waals surface area contributed by atoms with Crippen molar-refractivity contribution in [1.82, 2.24) is 10.2 Å². The summed E-state index contributed by atoms with van der Waals surface area (Å²) in [6.07, 6.45) is 1.02. The number of hydrogen-bond acceptors (Lipinski definition) is 3. The minimum absolute atomic E-state index is 0.0174. The molecule has 1 aromatic rings. The summed E-state index contributed by atoms with van der Waals surface area (Å²) >= 11 is 0. The van der Waals surface area contributed by atoms with E-state index in [0.717, 1.165) is 0 Å². The molecule has 0 radical (unpaired) electrons. The normalized spacial score (nSPS) is 12.4. The molecule has 0 aliphatic heterocycles. The van der Waals surface area contributed by atoms with Gasteiger partial charge in [-0.15, -0.1) is 0 Å². The van der Waals surface area contributed by atoms with E-state index in [0.29, 0.717) is 18.4 Å². The van der Waals surface area contributed by atoms with Crippen LogP contribution in [0.15, 0.2) is 24.3 Å². The molecular formula is C18H26N2O4. The fraction of sp³-hybridized carbons (Fsp3) is 0.500. The van der Waals surface area contributed by atoms with E-state index in [-0.39, 0.29) is 16.9 Å². The van der Waals surface area contributed by atoms with E-state index >= 15 is 0 Å². The second-order valence-corrected chi connectivity index (χ2v) is 7.24. The topological polar surface area (TPSA) is 86.7 Å². The summed E-state index contributed by atoms with van der Waals surface area (Å²) in [5.74, 6) is -1.77. The van der Waals surface area contributed by atoms with Crippen molar-refractivity contribution in [3.63, 3.8) is 0 Å². The molecule has 0 fully saturated rings. The Morgan fingerprint density at radius 2 is 1.75 bits per heavy atom. The molecule has 132 valence electrons. The maximum Gasteiger partial charge on any atom is 0.326 e. The Morgan fingerprint density at radius 1 is 1.17 bits per heavy atom. The summed E-state index contributed by atoms with van der Waals surface area (Å²) in [5.41, 5.74) is 0.634. The quantitative estimate of drug-likeness (QED) is 0.836. The number of aliphatic carboxylic acids is 1. The molecule has 2 amide bonds. The molecule has 0 aliphatic rings. The van der Waals surface area contributed by atoms with Crippen LogP contribution in [0.1, 0.15) is 54.3 Å². The Balaban J connectivity index is 2.86. The molecule has 0 spiro atoms. The van der Waals surface area contributed by atoms with Crippen LogP contribution in [-0.4, -0.2) is 47.9 Å². The highest BCUT2D eigenvalue weighted by Crippen LogP contribution is 2.21. The number of hydrogen-bond donors (Lipinski definition) is 2. The molecule has 24 heavy (non-hydrogen) atoms. The number of amides is 2. The summed E-state index contributed by atoms with van der Waals surface area (Å²) in [5, 5.41) is 11.8. The number of nitrogens with zero attached hydrogens (tertiary/aromatic N) is 1. The van der Waals surface area contributed by atoms with Gasteiger partial charge in [-0.25, -0.2) is 4.79 Å². The maximum absolute atomic E-state index is 12.3. The van der Waals surface area contributed by atoms with Crippen LogP contribution in [0, 0.1) is 5.41 Å². The number of carboxylic acid groups (broad SMARTS) is 1. The Morgan fingerprint density at radius 3 is 2.25 bits per heavy atom. The molecule has 0 bridgehead atoms. The van der Waals surface area contributed by atoms with Crippen molar-refractivity contribution in [3.8, 4) is 0 Å². The van der Waals surface area contributed by atoms with Crippen molar-refractivity contribution in [2.45, 2.75) is 39.7 Å². The van der Waals surface area contributed by atoms with Gasteiger partial charge in [-0.2, -0.15) is 0 Å². The standard InChI is InChI=1S/C18H26N2O4/c1-18(2,3)10-9-14(17(23)24)19-15(21)12-7-6-8-13(11-12)16(22)20(4)5/h6-8,11,14H,9-10H2,1-5H3,(H,19,21)(H,23,24). The number of carbonyl (C=O) groups is 3. The molecule has 0 heterocycles. The second kappa shape index (κ2) is 7.95. The van der Waals surface area contributed by atoms with Crippen LogP contribution < -0.4 is 5.32 Å². The molecule has 0 aromatic heterocycles. The predicted molar refractivity (Wildman–Crippen MR) is 92.0 cm³/mol. The van der Waals surface area contributed by atoms with Crippen LogP contribution in [0.4, 0.5) is 0 Å². The Hall–Kier alpha value is -2.37. The molecular weight excluding hydrogens is 308 g/mol. The maximum atomic E-state index is 12.3. The van der Waals surface area contributed by atoms with Gasteiger partial charge in [0, 0.05) is 25.2 Å². The summed E-state index contributed by atoms with van der Waals surface area (Å²) in [7, 11) is 3.25. The highest BCUT2D eigenvalue weighted by atomic mass is 16.4. The minimum atomic E-state index is -1.06. The lowest BCUT2D eigenvalue weighted by Crippen LogP contribution is -2.41. The number of nitrogens with one attached hydrogen (secondary N) is 1. The third-order valence-electron chi connectivity index (χ3n) is 3.56. The second-order valence-electron chi connectivity index (χ2n) is 7.24. The molecule has 2 N–H and O–H groups in total. The first-order chi connectivity index (χ1) is 11.0. The van der Waals surface area contributed by atoms with E-state index < -0.39 is 17.9 Å². The Labute approximate surface area is 142 Å². The summed E-state index contributed by atoms with van der Waals surface area (Å²) in [6.45, 7) is 6.05. The van der Waals surface area contributed by atoms with Crippen LogP contribution in [0.5, 0.6) is 0 Å². The molecule has 0 saturated heterocycles. The van der Waals surface area contributed by atoms with Gasteiger partial charge in [0.15, 0.2) is 0 Å². The number of rotatable bonds is 6. The third-order valence-corrected chi connectivity index (χ3v) is 3.56. The van der Waals surface area contributed by atoms with Gasteiger partial charge in [0.25, 0.3) is 11.8 Å². The lowest BCUT2D eigenvalue weighted by atomic mass is 9.88. The number of carboxylic acids is 1. The Kier molecular flexibility index (Phi) is 6.51. The third kappa shape index (κ3) is 6.02. The monoisotopic (exact) mass is 334 g/mol. The zero-order chi connectivity index (χ0) is 18.5. The largest absolute Gasteiger partial charge is 0.480 e. The van der Waals surface area contributed by atoms with Gasteiger partial charge in [-0.3, -0.25) is 9.59 Å². The average Bonchev–Trinajstić information content (AvgIpc) is 2.49. The molecule has 1 unspecified atom stereocenters. The van der Waals surface area contributed by atoms with Gasteiger partial charge in [0.05, 0.1) is 0 Å². The van der Waals surface area contributed by atoms with Gasteiger partial charge in [-0.05, 0) is 36.5 Å². The number of carbonyl (C=O) groups excluding carboxylic acids is 2. The molecule has 1 atom stereocenters. The van der Waals surface area contributed by atoms with Crippen molar-refractivity contribution < 1.29 is 19.5 Å². The first-order valence-electron chi connectivity index (χ1n) is 7.86. The molecule has 1 aromatic carbocycles. The van der Waals surface area contributed by atoms with E-state index in [1.807, 2.05) is 20.8 Å². The van der Waals surface area contributed by atoms with E-state index in [2.05, 4.69) is 5.32 Å². The predicted octanol–water partition coefficient (Wildman–Crippen LogP) is 2.40. The molecule has 0 saturated carbocycles. The van der Waals surface area contributed by atoms with Gasteiger partial charge in [0.1, 0.15) is 6.04 Å². The van der Waals surface area contributed by atoms with Crippen LogP contribution in [0.25, 0.3) is 0 Å². The molecule has 6 nitrogen and oxygen atoms in total. The molecule has 6 heteroatoms. The van der Waals surface area contributed by atoms with Gasteiger partial charge < -0.3 is 15.3 Å². The SMILES string of the molecule is CN(C)C(=O)c1cccc(C(=O)NC(CCC(C)(C)C)C(=O)O)c1. The van der Waals surface area contributed by atoms with Gasteiger partial charge >= 0.3 is 5.97 Å². The van der Waals surface area contributed by atoms with Crippen LogP contribution in [-0.2, 0) is 4.79 Å². The van der Waals surface area contributed by atoms with Crippen LogP contribution >= 0.6 is 0 Å². The van der Waals surface area contributed by atoms with Crippen molar-refractivity contribution in [2.24, 2.45) is 5.41 Å². The zero-order valence-electron chi connectivity index (χ0n) is 14.9. The first-order valence-corrected chi connectivity index (χ1v) is 7.86. The lowest BCUT2D eigenvalue weighted by Gasteiger charge is -2.21. The Bertz CT molecular complexity index is 618. The van der Waals surface area contributed by atoms with Crippen LogP contribution in [0.2, 0.25) is 0 Å². The van der Waals surface area contributed by atoms with Gasteiger partial charge in [0.2, 0.25) is 0 Å². The van der Waals surface area contributed by atoms with Crippen molar-refractivity contribution in [1.29, 1.82) is 0 Å². The van der Waals surface area contributed by atoms with E-state index in [4.69, 9.17) is 0 Å². The summed E-state index contributed by atoms with van der Waals surface area (Å²) in [4.78, 5) is 37.1. The average molecular weight is 334 g/mol. The van der Waals surface area contributed by atoms with Crippen molar-refractivity contribution in [2.75, 3.05) is 14.1 Å². The minimum Gasteiger partial charge on any atom is -0.480 e. The lowest BCUT2D eigenvalue weighted by molar-refractivity contribution is -0.139. The van der Waals surface area contributed by atoms with E-state index in [1.165, 1.54) is 11.0 Å². The smallest absolute Gasteiger partial charge is 0.326 e. The highest BCUT2D eigenvalue weighted by Gasteiger charge is 2.23. The fourth-order valence-electron chi connectivity index (χ4n) is 2.13. The zero-order valence-corrected chi connectivity index (χ0v) is 14.9. The highest BCUT2D eigenvalue weighted by molar-refractivity contribution is 6.00. The van der Waals surface area contributed by atoms with E-state index in [1.54, 1.807) is 32.3 Å². The molecule has 1 rings (SSSR count). The van der Waals surface area contributed by atoms with Crippen LogP contribution in [0.3, 0.4) is 0 Å². The first kappa shape index (κ1) is 19.7. The molecule has 0 aliphatic carbocycles. The fourth-order valence-corrected chi connectivity index (χ4v) is 2.13.